The molecular weight excluding hydrogens is 380 g/mol. The lowest BCUT2D eigenvalue weighted by Gasteiger charge is -2.20. The van der Waals surface area contributed by atoms with Crippen molar-refractivity contribution < 1.29 is 13.2 Å². The molecule has 0 aliphatic rings. The van der Waals surface area contributed by atoms with Gasteiger partial charge in [-0.25, -0.2) is 13.1 Å². The van der Waals surface area contributed by atoms with Crippen molar-refractivity contribution in [3.63, 3.8) is 0 Å². The van der Waals surface area contributed by atoms with Gasteiger partial charge in [0.25, 0.3) is 0 Å². The number of carbonyl (C=O) groups is 1. The molecule has 0 aliphatic carbocycles. The smallest absolute Gasteiger partial charge is 0.242 e. The van der Waals surface area contributed by atoms with E-state index in [9.17, 15) is 13.2 Å². The van der Waals surface area contributed by atoms with Crippen molar-refractivity contribution in [1.82, 2.24) is 9.62 Å². The third kappa shape index (κ3) is 5.67. The second-order valence-corrected chi connectivity index (χ2v) is 8.40. The lowest BCUT2D eigenvalue weighted by Crippen LogP contribution is -2.34. The molecule has 1 heterocycles. The van der Waals surface area contributed by atoms with Crippen LogP contribution in [0.25, 0.3) is 0 Å². The molecule has 2 aromatic rings. The number of rotatable bonds is 9. The third-order valence-electron chi connectivity index (χ3n) is 3.39. The molecule has 0 radical (unpaired) electrons. The molecule has 1 N–H and O–H groups in total. The van der Waals surface area contributed by atoms with Crippen LogP contribution in [-0.2, 0) is 21.4 Å². The number of sulfonamides is 1. The van der Waals surface area contributed by atoms with E-state index in [1.807, 2.05) is 17.5 Å². The SMILES string of the molecule is C=CCN(Cc1cccs1)C(=O)CCNS(=O)(=O)c1ccccc1Cl. The Kier molecular flexibility index (Phi) is 7.19. The van der Waals surface area contributed by atoms with E-state index in [0.717, 1.165) is 4.88 Å². The molecule has 1 amide bonds. The van der Waals surface area contributed by atoms with Crippen LogP contribution in [0.15, 0.2) is 59.3 Å². The summed E-state index contributed by atoms with van der Waals surface area (Å²) in [6, 6.07) is 10.1. The summed E-state index contributed by atoms with van der Waals surface area (Å²) in [7, 11) is -3.75. The van der Waals surface area contributed by atoms with Crippen LogP contribution in [0, 0.1) is 0 Å². The molecule has 0 atom stereocenters. The van der Waals surface area contributed by atoms with E-state index in [4.69, 9.17) is 11.6 Å². The first-order valence-corrected chi connectivity index (χ1v) is 10.3. The molecule has 5 nitrogen and oxygen atoms in total. The molecule has 2 rings (SSSR count). The molecule has 8 heteroatoms. The van der Waals surface area contributed by atoms with Crippen molar-refractivity contribution in [2.24, 2.45) is 0 Å². The highest BCUT2D eigenvalue weighted by molar-refractivity contribution is 7.89. The average Bonchev–Trinajstić information content (AvgIpc) is 3.07. The minimum absolute atomic E-state index is 0.00444. The minimum atomic E-state index is -3.75. The van der Waals surface area contributed by atoms with E-state index in [1.54, 1.807) is 34.4 Å². The number of halogens is 1. The lowest BCUT2D eigenvalue weighted by atomic mass is 10.3. The van der Waals surface area contributed by atoms with Crippen LogP contribution in [0.1, 0.15) is 11.3 Å². The Bertz CT molecular complexity index is 820. The Morgan fingerprint density at radius 1 is 1.28 bits per heavy atom. The Morgan fingerprint density at radius 3 is 2.68 bits per heavy atom. The second-order valence-electron chi connectivity index (χ2n) is 5.22. The number of hydrogen-bond acceptors (Lipinski definition) is 4. The summed E-state index contributed by atoms with van der Waals surface area (Å²) in [5.41, 5.74) is 0. The van der Waals surface area contributed by atoms with Gasteiger partial charge < -0.3 is 4.90 Å². The molecule has 1 aromatic carbocycles. The summed E-state index contributed by atoms with van der Waals surface area (Å²) >= 11 is 7.48. The van der Waals surface area contributed by atoms with Gasteiger partial charge in [0, 0.05) is 24.4 Å². The van der Waals surface area contributed by atoms with E-state index in [-0.39, 0.29) is 28.8 Å². The van der Waals surface area contributed by atoms with Crippen molar-refractivity contribution in [3.05, 3.63) is 64.3 Å². The van der Waals surface area contributed by atoms with Crippen molar-refractivity contribution in [1.29, 1.82) is 0 Å². The fraction of sp³-hybridized carbons (Fsp3) is 0.235. The highest BCUT2D eigenvalue weighted by atomic mass is 35.5. The number of nitrogens with zero attached hydrogens (tertiary/aromatic N) is 1. The van der Waals surface area contributed by atoms with Gasteiger partial charge in [0.05, 0.1) is 11.6 Å². The summed E-state index contributed by atoms with van der Waals surface area (Å²) in [5.74, 6) is -0.143. The zero-order chi connectivity index (χ0) is 18.3. The Hall–Kier alpha value is -1.67. The number of hydrogen-bond donors (Lipinski definition) is 1. The molecule has 0 saturated carbocycles. The van der Waals surface area contributed by atoms with Gasteiger partial charge in [0.2, 0.25) is 15.9 Å². The van der Waals surface area contributed by atoms with Crippen LogP contribution in [0.4, 0.5) is 0 Å². The fourth-order valence-electron chi connectivity index (χ4n) is 2.19. The van der Waals surface area contributed by atoms with Crippen molar-refractivity contribution in [2.45, 2.75) is 17.9 Å². The van der Waals surface area contributed by atoms with Crippen LogP contribution >= 0.6 is 22.9 Å². The number of benzene rings is 1. The molecular formula is C17H19ClN2O3S2. The first-order chi connectivity index (χ1) is 11.9. The maximum absolute atomic E-state index is 12.4. The maximum atomic E-state index is 12.4. The lowest BCUT2D eigenvalue weighted by molar-refractivity contribution is -0.131. The van der Waals surface area contributed by atoms with Gasteiger partial charge >= 0.3 is 0 Å². The predicted molar refractivity (Wildman–Crippen MR) is 101 cm³/mol. The number of amides is 1. The standard InChI is InChI=1S/C17H19ClN2O3S2/c1-2-11-20(13-14-6-5-12-24-14)17(21)9-10-19-25(22,23)16-8-4-3-7-15(16)18/h2-8,12,19H,1,9-11,13H2. The highest BCUT2D eigenvalue weighted by Gasteiger charge is 2.19. The van der Waals surface area contributed by atoms with Crippen LogP contribution in [0.2, 0.25) is 5.02 Å². The van der Waals surface area contributed by atoms with Crippen LogP contribution in [0.5, 0.6) is 0 Å². The molecule has 0 fully saturated rings. The summed E-state index contributed by atoms with van der Waals surface area (Å²) in [6.45, 7) is 4.57. The molecule has 134 valence electrons. The first-order valence-electron chi connectivity index (χ1n) is 7.59. The molecule has 0 aliphatic heterocycles. The Morgan fingerprint density at radius 2 is 2.04 bits per heavy atom. The number of thiophene rings is 1. The van der Waals surface area contributed by atoms with Gasteiger partial charge in [-0.15, -0.1) is 17.9 Å². The van der Waals surface area contributed by atoms with Gasteiger partial charge in [-0.2, -0.15) is 0 Å². The van der Waals surface area contributed by atoms with Gasteiger partial charge in [0.15, 0.2) is 0 Å². The zero-order valence-electron chi connectivity index (χ0n) is 13.5. The fourth-order valence-corrected chi connectivity index (χ4v) is 4.46. The van der Waals surface area contributed by atoms with E-state index < -0.39 is 10.0 Å². The summed E-state index contributed by atoms with van der Waals surface area (Å²) in [5, 5.41) is 2.09. The molecule has 0 unspecified atom stereocenters. The average molecular weight is 399 g/mol. The predicted octanol–water partition coefficient (Wildman–Crippen LogP) is 3.28. The summed E-state index contributed by atoms with van der Waals surface area (Å²) in [4.78, 5) is 15.1. The number of carbonyl (C=O) groups excluding carboxylic acids is 1. The summed E-state index contributed by atoms with van der Waals surface area (Å²) in [6.07, 6.45) is 1.71. The van der Waals surface area contributed by atoms with Gasteiger partial charge in [-0.3, -0.25) is 4.79 Å². The Balaban J connectivity index is 1.93. The molecule has 25 heavy (non-hydrogen) atoms. The molecule has 0 saturated heterocycles. The van der Waals surface area contributed by atoms with Crippen LogP contribution in [-0.4, -0.2) is 32.3 Å². The molecule has 0 bridgehead atoms. The van der Waals surface area contributed by atoms with Gasteiger partial charge in [-0.05, 0) is 23.6 Å². The van der Waals surface area contributed by atoms with Crippen molar-refractivity contribution in [3.8, 4) is 0 Å². The van der Waals surface area contributed by atoms with E-state index >= 15 is 0 Å². The van der Waals surface area contributed by atoms with Gasteiger partial charge in [-0.1, -0.05) is 35.9 Å². The molecule has 0 spiro atoms. The van der Waals surface area contributed by atoms with Crippen LogP contribution in [0.3, 0.4) is 0 Å². The third-order valence-corrected chi connectivity index (χ3v) is 6.21. The Labute approximate surface area is 157 Å². The van der Waals surface area contributed by atoms with E-state index in [2.05, 4.69) is 11.3 Å². The van der Waals surface area contributed by atoms with Gasteiger partial charge in [0.1, 0.15) is 4.90 Å². The maximum Gasteiger partial charge on any atom is 0.242 e. The highest BCUT2D eigenvalue weighted by Crippen LogP contribution is 2.20. The largest absolute Gasteiger partial charge is 0.334 e. The molecule has 1 aromatic heterocycles. The van der Waals surface area contributed by atoms with Crippen LogP contribution < -0.4 is 4.72 Å². The van der Waals surface area contributed by atoms with Crippen molar-refractivity contribution >= 4 is 38.9 Å². The zero-order valence-corrected chi connectivity index (χ0v) is 15.9. The monoisotopic (exact) mass is 398 g/mol. The summed E-state index contributed by atoms with van der Waals surface area (Å²) < 4.78 is 26.9. The van der Waals surface area contributed by atoms with E-state index in [0.29, 0.717) is 13.1 Å². The minimum Gasteiger partial charge on any atom is -0.334 e. The van der Waals surface area contributed by atoms with Crippen molar-refractivity contribution in [2.75, 3.05) is 13.1 Å². The quantitative estimate of drug-likeness (QED) is 0.659. The number of nitrogens with one attached hydrogen (secondary N) is 1. The van der Waals surface area contributed by atoms with E-state index in [1.165, 1.54) is 12.1 Å². The second kappa shape index (κ2) is 9.15. The normalized spacial score (nSPS) is 11.2. The topological polar surface area (TPSA) is 66.5 Å². The first kappa shape index (κ1) is 19.7.